The molecule has 0 bridgehead atoms. The van der Waals surface area contributed by atoms with Gasteiger partial charge in [0.25, 0.3) is 0 Å². The minimum Gasteiger partial charge on any atom is -0.508 e. The second-order valence-corrected chi connectivity index (χ2v) is 6.57. The normalized spacial score (nSPS) is 13.0. The van der Waals surface area contributed by atoms with Crippen LogP contribution in [0.4, 0.5) is 0 Å². The van der Waals surface area contributed by atoms with E-state index in [1.54, 1.807) is 12.1 Å². The number of nitrogens with zero attached hydrogens (tertiary/aromatic N) is 4. The van der Waals surface area contributed by atoms with E-state index in [0.717, 1.165) is 18.2 Å². The first-order chi connectivity index (χ1) is 12.5. The third-order valence-electron chi connectivity index (χ3n) is 3.85. The maximum absolute atomic E-state index is 12.2. The Morgan fingerprint density at radius 1 is 1.35 bits per heavy atom. The summed E-state index contributed by atoms with van der Waals surface area (Å²) in [6.07, 6.45) is 0.728. The van der Waals surface area contributed by atoms with Gasteiger partial charge >= 0.3 is 5.97 Å². The van der Waals surface area contributed by atoms with Crippen LogP contribution in [0.3, 0.4) is 0 Å². The summed E-state index contributed by atoms with van der Waals surface area (Å²) >= 11 is 1.14. The van der Waals surface area contributed by atoms with Crippen LogP contribution in [0.15, 0.2) is 29.4 Å². The van der Waals surface area contributed by atoms with Gasteiger partial charge in [-0.3, -0.25) is 4.79 Å². The van der Waals surface area contributed by atoms with Gasteiger partial charge in [-0.25, -0.2) is 4.79 Å². The molecule has 0 saturated heterocycles. The van der Waals surface area contributed by atoms with Crippen LogP contribution in [-0.4, -0.2) is 56.1 Å². The molecule has 0 aliphatic heterocycles. The smallest absolute Gasteiger partial charge is 0.328 e. The van der Waals surface area contributed by atoms with Crippen molar-refractivity contribution in [1.29, 1.82) is 0 Å². The molecule has 140 valence electrons. The first-order valence-corrected chi connectivity index (χ1v) is 9.02. The fourth-order valence-electron chi connectivity index (χ4n) is 2.17. The molecule has 2 atom stereocenters. The average molecular weight is 379 g/mol. The van der Waals surface area contributed by atoms with Crippen molar-refractivity contribution in [3.8, 4) is 11.4 Å². The molecule has 2 N–H and O–H groups in total. The molecule has 1 aromatic carbocycles. The second kappa shape index (κ2) is 9.18. The highest BCUT2D eigenvalue weighted by molar-refractivity contribution is 7.99. The molecule has 1 aromatic heterocycles. The molecule has 0 fully saturated rings. The molecular formula is C16H21N5O4S. The minimum atomic E-state index is -0.689. The summed E-state index contributed by atoms with van der Waals surface area (Å²) in [4.78, 5) is 24.1. The SMILES string of the molecule is CC[C@@H](C)[C@@H](NC(=O)CSc1nnnn1-c1ccc(O)cc1)C(=O)OC. The number of aromatic hydroxyl groups is 1. The second-order valence-electron chi connectivity index (χ2n) is 5.63. The van der Waals surface area contributed by atoms with Crippen molar-refractivity contribution in [2.75, 3.05) is 12.9 Å². The highest BCUT2D eigenvalue weighted by Gasteiger charge is 2.26. The van der Waals surface area contributed by atoms with Crippen molar-refractivity contribution in [3.05, 3.63) is 24.3 Å². The zero-order valence-electron chi connectivity index (χ0n) is 14.7. The average Bonchev–Trinajstić information content (AvgIpc) is 3.12. The van der Waals surface area contributed by atoms with E-state index >= 15 is 0 Å². The van der Waals surface area contributed by atoms with E-state index < -0.39 is 12.0 Å². The van der Waals surface area contributed by atoms with Gasteiger partial charge in [0, 0.05) is 0 Å². The summed E-state index contributed by atoms with van der Waals surface area (Å²) in [6, 6.07) is 5.67. The van der Waals surface area contributed by atoms with Crippen molar-refractivity contribution >= 4 is 23.6 Å². The highest BCUT2D eigenvalue weighted by Crippen LogP contribution is 2.20. The zero-order chi connectivity index (χ0) is 19.1. The van der Waals surface area contributed by atoms with E-state index in [0.29, 0.717) is 10.8 Å². The van der Waals surface area contributed by atoms with Crippen molar-refractivity contribution < 1.29 is 19.4 Å². The van der Waals surface area contributed by atoms with Crippen molar-refractivity contribution in [3.63, 3.8) is 0 Å². The number of ether oxygens (including phenoxy) is 1. The fourth-order valence-corrected chi connectivity index (χ4v) is 2.87. The third-order valence-corrected chi connectivity index (χ3v) is 4.77. The van der Waals surface area contributed by atoms with Crippen LogP contribution < -0.4 is 5.32 Å². The molecule has 10 heteroatoms. The maximum Gasteiger partial charge on any atom is 0.328 e. The Bertz CT molecular complexity index is 749. The van der Waals surface area contributed by atoms with E-state index in [2.05, 4.69) is 20.8 Å². The largest absolute Gasteiger partial charge is 0.508 e. The predicted molar refractivity (Wildman–Crippen MR) is 94.9 cm³/mol. The standard InChI is InChI=1S/C16H21N5O4S/c1-4-10(2)14(15(24)25-3)17-13(23)9-26-16-18-19-20-21(16)11-5-7-12(22)8-6-11/h5-8,10,14,22H,4,9H2,1-3H3,(H,17,23)/t10-,14-/m1/s1. The number of phenols is 1. The van der Waals surface area contributed by atoms with Gasteiger partial charge in [0.05, 0.1) is 18.6 Å². The molecular weight excluding hydrogens is 358 g/mol. The molecule has 0 spiro atoms. The lowest BCUT2D eigenvalue weighted by molar-refractivity contribution is -0.146. The van der Waals surface area contributed by atoms with Gasteiger partial charge in [0.15, 0.2) is 0 Å². The topological polar surface area (TPSA) is 119 Å². The Kier molecular flexibility index (Phi) is 6.96. The van der Waals surface area contributed by atoms with Gasteiger partial charge in [-0.15, -0.1) is 5.10 Å². The van der Waals surface area contributed by atoms with Crippen LogP contribution >= 0.6 is 11.8 Å². The van der Waals surface area contributed by atoms with Gasteiger partial charge in [0.2, 0.25) is 11.1 Å². The molecule has 1 amide bonds. The molecule has 2 aromatic rings. The van der Waals surface area contributed by atoms with E-state index in [1.807, 2.05) is 13.8 Å². The number of carbonyl (C=O) groups excluding carboxylic acids is 2. The number of thioether (sulfide) groups is 1. The molecule has 2 rings (SSSR count). The van der Waals surface area contributed by atoms with E-state index in [-0.39, 0.29) is 23.3 Å². The molecule has 1 heterocycles. The molecule has 9 nitrogen and oxygen atoms in total. The van der Waals surface area contributed by atoms with Gasteiger partial charge < -0.3 is 15.2 Å². The number of carbonyl (C=O) groups is 2. The van der Waals surface area contributed by atoms with Gasteiger partial charge in [-0.1, -0.05) is 32.0 Å². The first-order valence-electron chi connectivity index (χ1n) is 8.04. The summed E-state index contributed by atoms with van der Waals surface area (Å²) in [5.74, 6) is -0.645. The maximum atomic E-state index is 12.2. The number of nitrogens with one attached hydrogen (secondary N) is 1. The van der Waals surface area contributed by atoms with Gasteiger partial charge in [-0.2, -0.15) is 4.68 Å². The minimum absolute atomic E-state index is 0.0429. The number of tetrazole rings is 1. The summed E-state index contributed by atoms with van der Waals surface area (Å²) in [5, 5.41) is 23.9. The highest BCUT2D eigenvalue weighted by atomic mass is 32.2. The Morgan fingerprint density at radius 3 is 2.65 bits per heavy atom. The molecule has 26 heavy (non-hydrogen) atoms. The van der Waals surface area contributed by atoms with Crippen LogP contribution in [0.5, 0.6) is 5.75 Å². The molecule has 0 aliphatic carbocycles. The zero-order valence-corrected chi connectivity index (χ0v) is 15.6. The van der Waals surface area contributed by atoms with E-state index in [4.69, 9.17) is 4.74 Å². The van der Waals surface area contributed by atoms with Crippen molar-refractivity contribution in [2.45, 2.75) is 31.5 Å². The van der Waals surface area contributed by atoms with Crippen LogP contribution in [0.1, 0.15) is 20.3 Å². The van der Waals surface area contributed by atoms with Crippen LogP contribution in [0.25, 0.3) is 5.69 Å². The Hall–Kier alpha value is -2.62. The molecule has 0 radical (unpaired) electrons. The lowest BCUT2D eigenvalue weighted by Gasteiger charge is -2.21. The van der Waals surface area contributed by atoms with Crippen LogP contribution in [0, 0.1) is 5.92 Å². The fraction of sp³-hybridized carbons (Fsp3) is 0.438. The van der Waals surface area contributed by atoms with Crippen LogP contribution in [-0.2, 0) is 14.3 Å². The molecule has 0 aliphatic rings. The Balaban J connectivity index is 2.00. The predicted octanol–water partition coefficient (Wildman–Crippen LogP) is 1.16. The summed E-state index contributed by atoms with van der Waals surface area (Å²) in [6.45, 7) is 3.81. The van der Waals surface area contributed by atoms with Gasteiger partial charge in [0.1, 0.15) is 11.8 Å². The number of rotatable bonds is 8. The number of hydrogen-bond donors (Lipinski definition) is 2. The number of amides is 1. The van der Waals surface area contributed by atoms with Crippen molar-refractivity contribution in [2.24, 2.45) is 5.92 Å². The van der Waals surface area contributed by atoms with E-state index in [1.165, 1.54) is 23.9 Å². The summed E-state index contributed by atoms with van der Waals surface area (Å²) in [7, 11) is 1.30. The lowest BCUT2D eigenvalue weighted by Crippen LogP contribution is -2.46. The summed E-state index contributed by atoms with van der Waals surface area (Å²) in [5.41, 5.74) is 0.655. The summed E-state index contributed by atoms with van der Waals surface area (Å²) < 4.78 is 6.22. The monoisotopic (exact) mass is 379 g/mol. The van der Waals surface area contributed by atoms with Crippen molar-refractivity contribution in [1.82, 2.24) is 25.5 Å². The Labute approximate surface area is 155 Å². The van der Waals surface area contributed by atoms with E-state index in [9.17, 15) is 14.7 Å². The molecule has 0 saturated carbocycles. The number of phenolic OH excluding ortho intramolecular Hbond substituents is 1. The number of benzene rings is 1. The Morgan fingerprint density at radius 2 is 2.04 bits per heavy atom. The number of methoxy groups -OCH3 is 1. The number of aromatic nitrogens is 4. The molecule has 0 unspecified atom stereocenters. The number of esters is 1. The third kappa shape index (κ3) is 4.94. The lowest BCUT2D eigenvalue weighted by atomic mass is 9.99. The van der Waals surface area contributed by atoms with Crippen LogP contribution in [0.2, 0.25) is 0 Å². The first kappa shape index (κ1) is 19.7. The quantitative estimate of drug-likeness (QED) is 0.518. The number of hydrogen-bond acceptors (Lipinski definition) is 8. The van der Waals surface area contributed by atoms with Gasteiger partial charge in [-0.05, 0) is 40.6 Å².